The van der Waals surface area contributed by atoms with Gasteiger partial charge in [0.15, 0.2) is 0 Å². The van der Waals surface area contributed by atoms with Crippen molar-refractivity contribution in [1.82, 2.24) is 0 Å². The molecular formula is C142H140. The normalized spacial score (nSPS) is 13.0. The molecule has 0 saturated carbocycles. The summed E-state index contributed by atoms with van der Waals surface area (Å²) in [6.07, 6.45) is 0. The standard InChI is InChI=1S/C142H140/c1-91-37-70-131-130(71-91)133-129(102-34-29-33-101(72-102)92-31-27-26-28-32-92)35-30-36-132(133)142(131,127-87-115(111-77-103(93-38-54-119(55-39-93)134(2,3)4)73-104(78-111)94-40-56-120(57-41-94)135(5,6)7)85-116(88-127)112-79-105(95-42-58-121(59-43-95)136(8,9)10)74-106(80-112)96-44-60-122(61-45-96)137(11,12)13)128-89-117(113-81-107(97-46-62-123(63-47-97)138(14,15)16)75-108(82-113)98-48-64-124(65-49-98)139(17,18)19)86-118(90-128)114-83-109(99-50-66-125(67-51-99)140(20,21)22)76-110(84-114)100-52-68-126(69-53-100)141(23,24)25/h26-90H,1-25H3. The number of aryl methyl sites for hydroxylation is 1. The summed E-state index contributed by atoms with van der Waals surface area (Å²) in [6, 6.07) is 156. The molecule has 0 saturated heterocycles. The SMILES string of the molecule is Cc1ccc2c(c1)-c1c(-c3cccc(-c4ccccc4)c3)cccc1C2(c1cc(-c2cc(-c3ccc(C(C)(C)C)cc3)cc(-c3ccc(C(C)(C)C)cc3)c2)cc(-c2cc(-c3ccc(C(C)(C)C)cc3)cc(-c3ccc(C(C)(C)C)cc3)c2)c1)c1cc(-c2cc(-c3ccc(C(C)(C)C)cc3)cc(-c3ccc(C(C)(C)C)cc3)c2)cc(-c2cc(-c3ccc(C(C)(C)C)cc3)cc(-c3ccc(C(C)(C)C)cc3)c2)c1. The van der Waals surface area contributed by atoms with Crippen molar-refractivity contribution in [3.05, 3.63) is 467 Å². The molecule has 0 aliphatic heterocycles. The molecule has 0 heterocycles. The van der Waals surface area contributed by atoms with E-state index in [-0.39, 0.29) is 43.3 Å². The summed E-state index contributed by atoms with van der Waals surface area (Å²) in [7, 11) is 0. The Morgan fingerprint density at radius 1 is 0.134 bits per heavy atom. The predicted molar refractivity (Wildman–Crippen MR) is 614 cm³/mol. The third kappa shape index (κ3) is 19.8. The van der Waals surface area contributed by atoms with Crippen LogP contribution in [-0.4, -0.2) is 0 Å². The quantitative estimate of drug-likeness (QED) is 0.0904. The summed E-state index contributed by atoms with van der Waals surface area (Å²) in [5.74, 6) is 0. The Hall–Kier alpha value is -14.0. The molecule has 0 fully saturated rings. The van der Waals surface area contributed by atoms with Crippen molar-refractivity contribution >= 4 is 0 Å². The van der Waals surface area contributed by atoms with Gasteiger partial charge in [-0.05, 0) is 399 Å². The van der Waals surface area contributed by atoms with E-state index in [0.717, 1.165) is 150 Å². The van der Waals surface area contributed by atoms with Crippen LogP contribution < -0.4 is 0 Å². The van der Waals surface area contributed by atoms with Gasteiger partial charge in [-0.1, -0.05) is 451 Å². The molecule has 0 heteroatoms. The highest BCUT2D eigenvalue weighted by Gasteiger charge is 2.48. The molecule has 1 aliphatic rings. The third-order valence-electron chi connectivity index (χ3n) is 30.1. The first-order valence-electron chi connectivity index (χ1n) is 51.4. The van der Waals surface area contributed by atoms with Crippen LogP contribution >= 0.6 is 0 Å². The molecule has 708 valence electrons. The Kier molecular flexibility index (Phi) is 25.1. The Morgan fingerprint density at radius 3 is 0.556 bits per heavy atom. The van der Waals surface area contributed by atoms with Gasteiger partial charge in [0.1, 0.15) is 0 Å². The molecule has 0 atom stereocenters. The minimum atomic E-state index is -1.10. The lowest BCUT2D eigenvalue weighted by molar-refractivity contribution is 0.590. The smallest absolute Gasteiger partial charge is 0.0622 e. The summed E-state index contributed by atoms with van der Waals surface area (Å²) in [6.45, 7) is 57.9. The molecule has 0 bridgehead atoms. The van der Waals surface area contributed by atoms with Gasteiger partial charge in [0.25, 0.3) is 0 Å². The minimum Gasteiger partial charge on any atom is -0.0622 e. The van der Waals surface area contributed by atoms with Crippen LogP contribution in [0.2, 0.25) is 0 Å². The number of hydrogen-bond donors (Lipinski definition) is 0. The van der Waals surface area contributed by atoms with Crippen LogP contribution in [0.25, 0.3) is 167 Å². The summed E-state index contributed by atoms with van der Waals surface area (Å²) in [5, 5.41) is 0. The van der Waals surface area contributed by atoms with E-state index in [9.17, 15) is 0 Å². The van der Waals surface area contributed by atoms with Crippen LogP contribution in [0.3, 0.4) is 0 Å². The highest BCUT2D eigenvalue weighted by molar-refractivity contribution is 5.99. The van der Waals surface area contributed by atoms with Gasteiger partial charge in [0.05, 0.1) is 5.41 Å². The lowest BCUT2D eigenvalue weighted by Gasteiger charge is -2.36. The maximum absolute atomic E-state index is 2.63. The maximum atomic E-state index is 2.63. The molecule has 19 rings (SSSR count). The van der Waals surface area contributed by atoms with Gasteiger partial charge in [-0.25, -0.2) is 0 Å². The van der Waals surface area contributed by atoms with Gasteiger partial charge in [-0.3, -0.25) is 0 Å². The zero-order chi connectivity index (χ0) is 100. The molecular weight excluding hydrogens is 1710 g/mol. The second kappa shape index (κ2) is 36.8. The van der Waals surface area contributed by atoms with E-state index in [1.165, 1.54) is 89.0 Å². The monoisotopic (exact) mass is 1850 g/mol. The average Bonchev–Trinajstić information content (AvgIpc) is 1.52. The van der Waals surface area contributed by atoms with Crippen molar-refractivity contribution in [3.8, 4) is 167 Å². The Bertz CT molecular complexity index is 6700. The van der Waals surface area contributed by atoms with Crippen molar-refractivity contribution < 1.29 is 0 Å². The van der Waals surface area contributed by atoms with E-state index < -0.39 is 5.41 Å². The van der Waals surface area contributed by atoms with Crippen molar-refractivity contribution in [2.75, 3.05) is 0 Å². The minimum absolute atomic E-state index is 0.0465. The van der Waals surface area contributed by atoms with E-state index in [0.29, 0.717) is 0 Å². The van der Waals surface area contributed by atoms with Crippen LogP contribution in [0.15, 0.2) is 394 Å². The van der Waals surface area contributed by atoms with E-state index >= 15 is 0 Å². The molecule has 0 amide bonds. The molecule has 142 heavy (non-hydrogen) atoms. The first-order chi connectivity index (χ1) is 67.2. The maximum Gasteiger partial charge on any atom is 0.0714 e. The van der Waals surface area contributed by atoms with Gasteiger partial charge >= 0.3 is 0 Å². The number of rotatable bonds is 16. The first-order valence-corrected chi connectivity index (χ1v) is 51.4. The van der Waals surface area contributed by atoms with E-state index in [4.69, 9.17) is 0 Å². The molecule has 18 aromatic carbocycles. The Morgan fingerprint density at radius 2 is 0.324 bits per heavy atom. The van der Waals surface area contributed by atoms with Gasteiger partial charge in [-0.15, -0.1) is 0 Å². The molecule has 1 aliphatic carbocycles. The van der Waals surface area contributed by atoms with Crippen molar-refractivity contribution in [2.24, 2.45) is 0 Å². The summed E-state index contributed by atoms with van der Waals surface area (Å²) in [5.41, 5.74) is 49.3. The summed E-state index contributed by atoms with van der Waals surface area (Å²) in [4.78, 5) is 0. The van der Waals surface area contributed by atoms with Gasteiger partial charge in [0.2, 0.25) is 0 Å². The number of hydrogen-bond acceptors (Lipinski definition) is 0. The second-order valence-electron chi connectivity index (χ2n) is 48.9. The molecule has 0 spiro atoms. The number of fused-ring (bicyclic) bond motifs is 3. The van der Waals surface area contributed by atoms with Crippen LogP contribution in [0.5, 0.6) is 0 Å². The Balaban J connectivity index is 0.992. The molecule has 0 aromatic heterocycles. The highest BCUT2D eigenvalue weighted by atomic mass is 14.5. The molecule has 18 aromatic rings. The third-order valence-corrected chi connectivity index (χ3v) is 30.1. The second-order valence-corrected chi connectivity index (χ2v) is 48.9. The van der Waals surface area contributed by atoms with Crippen LogP contribution in [-0.2, 0) is 48.7 Å². The fourth-order valence-corrected chi connectivity index (χ4v) is 21.2. The van der Waals surface area contributed by atoms with Crippen molar-refractivity contribution in [1.29, 1.82) is 0 Å². The molecule has 0 radical (unpaired) electrons. The average molecular weight is 1850 g/mol. The van der Waals surface area contributed by atoms with Gasteiger partial charge < -0.3 is 0 Å². The zero-order valence-corrected chi connectivity index (χ0v) is 88.5. The molecule has 0 unspecified atom stereocenters. The van der Waals surface area contributed by atoms with E-state index in [2.05, 4.69) is 567 Å². The molecule has 0 nitrogen and oxygen atoms in total. The lowest BCUT2D eigenvalue weighted by atomic mass is 9.65. The number of benzene rings is 18. The van der Waals surface area contributed by atoms with Gasteiger partial charge in [0, 0.05) is 0 Å². The van der Waals surface area contributed by atoms with E-state index in [1.54, 1.807) is 0 Å². The topological polar surface area (TPSA) is 0 Å². The van der Waals surface area contributed by atoms with Crippen LogP contribution in [0, 0.1) is 6.92 Å². The fourth-order valence-electron chi connectivity index (χ4n) is 21.2. The summed E-state index contributed by atoms with van der Waals surface area (Å²) < 4.78 is 0. The fraction of sp³-hybridized carbons (Fsp3) is 0.239. The van der Waals surface area contributed by atoms with Gasteiger partial charge in [-0.2, -0.15) is 0 Å². The zero-order valence-electron chi connectivity index (χ0n) is 88.5. The van der Waals surface area contributed by atoms with E-state index in [1.807, 2.05) is 0 Å². The lowest BCUT2D eigenvalue weighted by Crippen LogP contribution is -2.29. The molecule has 0 N–H and O–H groups in total. The van der Waals surface area contributed by atoms with Crippen molar-refractivity contribution in [3.63, 3.8) is 0 Å². The first kappa shape index (κ1) is 96.8. The summed E-state index contributed by atoms with van der Waals surface area (Å²) >= 11 is 0. The van der Waals surface area contributed by atoms with Crippen molar-refractivity contribution in [2.45, 2.75) is 222 Å². The predicted octanol–water partition coefficient (Wildman–Crippen LogP) is 40.1. The largest absolute Gasteiger partial charge is 0.0714 e. The Labute approximate surface area is 849 Å². The van der Waals surface area contributed by atoms with Crippen LogP contribution in [0.4, 0.5) is 0 Å². The van der Waals surface area contributed by atoms with Crippen LogP contribution in [0.1, 0.15) is 238 Å². The highest BCUT2D eigenvalue weighted by Crippen LogP contribution is 2.61.